The highest BCUT2D eigenvalue weighted by Gasteiger charge is 2.24. The van der Waals surface area contributed by atoms with Gasteiger partial charge in [0.25, 0.3) is 17.3 Å². The van der Waals surface area contributed by atoms with Crippen LogP contribution < -0.4 is 20.3 Å². The zero-order valence-corrected chi connectivity index (χ0v) is 18.1. The van der Waals surface area contributed by atoms with Crippen LogP contribution in [0.4, 0.5) is 22.7 Å². The van der Waals surface area contributed by atoms with Crippen LogP contribution in [-0.2, 0) is 0 Å². The first-order valence-corrected chi connectivity index (χ1v) is 9.45. The summed E-state index contributed by atoms with van der Waals surface area (Å²) in [6.45, 7) is 1.97. The number of carbonyl (C=O) groups excluding carboxylic acids is 1. The van der Waals surface area contributed by atoms with E-state index < -0.39 is 21.8 Å². The highest BCUT2D eigenvalue weighted by Crippen LogP contribution is 2.34. The van der Waals surface area contributed by atoms with E-state index in [4.69, 9.17) is 16.3 Å². The number of ether oxygens (including phenoxy) is 1. The van der Waals surface area contributed by atoms with Crippen molar-refractivity contribution in [1.82, 2.24) is 5.32 Å². The molecule has 0 heterocycles. The maximum atomic E-state index is 12.7. The molecule has 0 radical (unpaired) electrons. The quantitative estimate of drug-likeness (QED) is 0.436. The average Bonchev–Trinajstić information content (AvgIpc) is 2.71. The molecule has 2 N–H and O–H groups in total. The van der Waals surface area contributed by atoms with Crippen LogP contribution in [0.1, 0.15) is 17.3 Å². The predicted molar refractivity (Wildman–Crippen MR) is 117 cm³/mol. The van der Waals surface area contributed by atoms with Crippen molar-refractivity contribution in [2.45, 2.75) is 13.0 Å². The summed E-state index contributed by atoms with van der Waals surface area (Å²) in [6, 6.07) is 6.22. The van der Waals surface area contributed by atoms with Crippen molar-refractivity contribution in [3.63, 3.8) is 0 Å². The summed E-state index contributed by atoms with van der Waals surface area (Å²) < 4.78 is 5.25. The molecule has 0 unspecified atom stereocenters. The molecule has 1 atom stereocenters. The van der Waals surface area contributed by atoms with Crippen molar-refractivity contribution >= 4 is 40.3 Å². The fourth-order valence-corrected chi connectivity index (χ4v) is 3.03. The zero-order chi connectivity index (χ0) is 23.3. The van der Waals surface area contributed by atoms with Gasteiger partial charge in [-0.1, -0.05) is 11.6 Å². The number of carbonyl (C=O) groups is 1. The second kappa shape index (κ2) is 9.94. The van der Waals surface area contributed by atoms with Crippen molar-refractivity contribution in [2.24, 2.45) is 0 Å². The average molecular weight is 452 g/mol. The van der Waals surface area contributed by atoms with E-state index >= 15 is 0 Å². The lowest BCUT2D eigenvalue weighted by molar-refractivity contribution is -0.384. The molecule has 0 spiro atoms. The summed E-state index contributed by atoms with van der Waals surface area (Å²) in [6.07, 6.45) is 0. The number of nitro benzene ring substituents is 2. The molecule has 2 rings (SSSR count). The third-order valence-corrected chi connectivity index (χ3v) is 4.67. The van der Waals surface area contributed by atoms with E-state index in [1.807, 2.05) is 0 Å². The SMILES string of the molecule is COc1cc(N(C)C)c([N+](=O)[O-])cc1C(=O)N[C@H](C)CNc1ccc([N+](=O)[O-])cc1Cl. The first-order chi connectivity index (χ1) is 14.5. The van der Waals surface area contributed by atoms with Crippen molar-refractivity contribution in [3.05, 3.63) is 61.1 Å². The van der Waals surface area contributed by atoms with Crippen LogP contribution in [0.3, 0.4) is 0 Å². The molecule has 0 aromatic heterocycles. The Morgan fingerprint density at radius 1 is 1.19 bits per heavy atom. The maximum Gasteiger partial charge on any atom is 0.293 e. The Bertz CT molecular complexity index is 1010. The number of rotatable bonds is 9. The van der Waals surface area contributed by atoms with E-state index in [9.17, 15) is 25.0 Å². The molecule has 1 amide bonds. The maximum absolute atomic E-state index is 12.7. The lowest BCUT2D eigenvalue weighted by Gasteiger charge is -2.19. The third-order valence-electron chi connectivity index (χ3n) is 4.36. The van der Waals surface area contributed by atoms with Crippen molar-refractivity contribution in [1.29, 1.82) is 0 Å². The van der Waals surface area contributed by atoms with Crippen molar-refractivity contribution in [3.8, 4) is 5.75 Å². The monoisotopic (exact) mass is 451 g/mol. The van der Waals surface area contributed by atoms with Crippen LogP contribution in [0, 0.1) is 20.2 Å². The van der Waals surface area contributed by atoms with E-state index in [1.165, 1.54) is 37.4 Å². The minimum atomic E-state index is -0.562. The Balaban J connectivity index is 2.14. The Labute approximate surface area is 183 Å². The summed E-state index contributed by atoms with van der Waals surface area (Å²) in [4.78, 5) is 35.4. The van der Waals surface area contributed by atoms with Gasteiger partial charge >= 0.3 is 0 Å². The largest absolute Gasteiger partial charge is 0.496 e. The number of methoxy groups -OCH3 is 1. The molecule has 0 aliphatic rings. The fraction of sp³-hybridized carbons (Fsp3) is 0.316. The Morgan fingerprint density at radius 3 is 2.39 bits per heavy atom. The van der Waals surface area contributed by atoms with Crippen LogP contribution in [0.2, 0.25) is 5.02 Å². The molecule has 11 nitrogen and oxygen atoms in total. The molecule has 31 heavy (non-hydrogen) atoms. The van der Waals surface area contributed by atoms with Crippen molar-refractivity contribution in [2.75, 3.05) is 38.0 Å². The smallest absolute Gasteiger partial charge is 0.293 e. The molecule has 0 fully saturated rings. The summed E-state index contributed by atoms with van der Waals surface area (Å²) in [5.41, 5.74) is 0.448. The molecule has 0 aliphatic carbocycles. The summed E-state index contributed by atoms with van der Waals surface area (Å²) in [5, 5.41) is 28.1. The summed E-state index contributed by atoms with van der Waals surface area (Å²) in [5.74, 6) is -0.347. The molecular weight excluding hydrogens is 430 g/mol. The summed E-state index contributed by atoms with van der Waals surface area (Å²) in [7, 11) is 4.68. The van der Waals surface area contributed by atoms with Gasteiger partial charge in [0, 0.05) is 50.9 Å². The van der Waals surface area contributed by atoms with E-state index in [0.29, 0.717) is 11.4 Å². The molecule has 0 saturated heterocycles. The van der Waals surface area contributed by atoms with Gasteiger partial charge in [0.05, 0.1) is 33.2 Å². The fourth-order valence-electron chi connectivity index (χ4n) is 2.78. The number of halogens is 1. The number of anilines is 2. The number of nitrogens with one attached hydrogen (secondary N) is 2. The lowest BCUT2D eigenvalue weighted by Crippen LogP contribution is -2.37. The molecule has 166 valence electrons. The van der Waals surface area contributed by atoms with Gasteiger partial charge < -0.3 is 20.3 Å². The molecule has 2 aromatic rings. The number of hydrogen-bond acceptors (Lipinski definition) is 8. The molecule has 0 bridgehead atoms. The number of non-ortho nitro benzene ring substituents is 1. The predicted octanol–water partition coefficient (Wildman–Crippen LogP) is 3.46. The number of benzene rings is 2. The third kappa shape index (κ3) is 5.72. The Morgan fingerprint density at radius 2 is 1.87 bits per heavy atom. The first-order valence-electron chi connectivity index (χ1n) is 9.07. The highest BCUT2D eigenvalue weighted by molar-refractivity contribution is 6.33. The van der Waals surface area contributed by atoms with Crippen LogP contribution in [0.15, 0.2) is 30.3 Å². The number of nitrogens with zero attached hydrogens (tertiary/aromatic N) is 3. The molecule has 12 heteroatoms. The topological polar surface area (TPSA) is 140 Å². The van der Waals surface area contributed by atoms with Crippen LogP contribution in [-0.4, -0.2) is 49.5 Å². The normalized spacial score (nSPS) is 11.4. The first kappa shape index (κ1) is 23.7. The molecule has 0 saturated carbocycles. The lowest BCUT2D eigenvalue weighted by atomic mass is 10.1. The van der Waals surface area contributed by atoms with Gasteiger partial charge in [0.2, 0.25) is 0 Å². The van der Waals surface area contributed by atoms with E-state index in [2.05, 4.69) is 10.6 Å². The second-order valence-electron chi connectivity index (χ2n) is 6.87. The Hall–Kier alpha value is -3.60. The zero-order valence-electron chi connectivity index (χ0n) is 17.3. The number of nitro groups is 2. The summed E-state index contributed by atoms with van der Waals surface area (Å²) >= 11 is 6.05. The van der Waals surface area contributed by atoms with E-state index in [-0.39, 0.29) is 34.3 Å². The minimum Gasteiger partial charge on any atom is -0.496 e. The van der Waals surface area contributed by atoms with Crippen LogP contribution in [0.5, 0.6) is 5.75 Å². The van der Waals surface area contributed by atoms with Crippen LogP contribution >= 0.6 is 11.6 Å². The standard InChI is InChI=1S/C19H22ClN5O6/c1-11(10-21-15-6-5-12(24(27)28)7-14(15)20)22-19(26)13-8-17(25(29)30)16(23(2)3)9-18(13)31-4/h5-9,11,21H,10H2,1-4H3,(H,22,26)/t11-/m1/s1. The van der Waals surface area contributed by atoms with Gasteiger partial charge in [0.15, 0.2) is 0 Å². The number of amides is 1. The van der Waals surface area contributed by atoms with Gasteiger partial charge in [0.1, 0.15) is 11.4 Å². The van der Waals surface area contributed by atoms with Gasteiger partial charge in [-0.15, -0.1) is 0 Å². The minimum absolute atomic E-state index is 0.0278. The molecular formula is C19H22ClN5O6. The van der Waals surface area contributed by atoms with Gasteiger partial charge in [-0.2, -0.15) is 0 Å². The van der Waals surface area contributed by atoms with Gasteiger partial charge in [-0.25, -0.2) is 0 Å². The van der Waals surface area contributed by atoms with Gasteiger partial charge in [-0.3, -0.25) is 25.0 Å². The van der Waals surface area contributed by atoms with Crippen molar-refractivity contribution < 1.29 is 19.4 Å². The highest BCUT2D eigenvalue weighted by atomic mass is 35.5. The Kier molecular flexibility index (Phi) is 7.59. The van der Waals surface area contributed by atoms with Gasteiger partial charge in [-0.05, 0) is 13.0 Å². The van der Waals surface area contributed by atoms with E-state index in [1.54, 1.807) is 25.9 Å². The second-order valence-corrected chi connectivity index (χ2v) is 7.28. The van der Waals surface area contributed by atoms with Crippen LogP contribution in [0.25, 0.3) is 0 Å². The molecule has 0 aliphatic heterocycles. The number of hydrogen-bond donors (Lipinski definition) is 2. The van der Waals surface area contributed by atoms with E-state index in [0.717, 1.165) is 0 Å². The molecule has 2 aromatic carbocycles.